The molecule has 1 unspecified atom stereocenters. The van der Waals surface area contributed by atoms with Gasteiger partial charge in [0.2, 0.25) is 5.89 Å². The van der Waals surface area contributed by atoms with Gasteiger partial charge in [-0.05, 0) is 37.9 Å². The number of hydrogen-bond donors (Lipinski definition) is 1. The van der Waals surface area contributed by atoms with Crippen molar-refractivity contribution in [2.24, 2.45) is 0 Å². The smallest absolute Gasteiger partial charge is 0.266 e. The molecule has 0 aliphatic carbocycles. The first-order chi connectivity index (χ1) is 8.81. The van der Waals surface area contributed by atoms with Gasteiger partial charge in [-0.2, -0.15) is 4.98 Å². The lowest BCUT2D eigenvalue weighted by atomic mass is 10.2. The Balaban J connectivity index is 1.95. The summed E-state index contributed by atoms with van der Waals surface area (Å²) < 4.78 is 5.35. The van der Waals surface area contributed by atoms with Crippen molar-refractivity contribution in [2.45, 2.75) is 52.0 Å². The van der Waals surface area contributed by atoms with Gasteiger partial charge in [0.25, 0.3) is 5.95 Å². The number of nitrogens with one attached hydrogen (secondary N) is 1. The van der Waals surface area contributed by atoms with Crippen molar-refractivity contribution in [3.8, 4) is 0 Å². The summed E-state index contributed by atoms with van der Waals surface area (Å²) in [6.07, 6.45) is 6.20. The SMILES string of the molecule is CCCNC(C)c1nc(N2CCCCCC2)no1. The number of nitrogens with zero attached hydrogens (tertiary/aromatic N) is 3. The molecule has 0 saturated carbocycles. The molecule has 18 heavy (non-hydrogen) atoms. The molecule has 1 atom stereocenters. The van der Waals surface area contributed by atoms with E-state index in [4.69, 9.17) is 4.52 Å². The van der Waals surface area contributed by atoms with E-state index in [2.05, 4.69) is 34.2 Å². The quantitative estimate of drug-likeness (QED) is 0.872. The third-order valence-electron chi connectivity index (χ3n) is 3.39. The van der Waals surface area contributed by atoms with Crippen LogP contribution in [0.3, 0.4) is 0 Å². The van der Waals surface area contributed by atoms with Crippen molar-refractivity contribution in [3.05, 3.63) is 5.89 Å². The summed E-state index contributed by atoms with van der Waals surface area (Å²) in [7, 11) is 0. The lowest BCUT2D eigenvalue weighted by Gasteiger charge is -2.16. The molecule has 102 valence electrons. The van der Waals surface area contributed by atoms with Crippen LogP contribution < -0.4 is 10.2 Å². The van der Waals surface area contributed by atoms with Gasteiger partial charge in [-0.3, -0.25) is 0 Å². The summed E-state index contributed by atoms with van der Waals surface area (Å²) in [6.45, 7) is 7.29. The highest BCUT2D eigenvalue weighted by atomic mass is 16.5. The Hall–Kier alpha value is -1.10. The summed E-state index contributed by atoms with van der Waals surface area (Å²) in [5.74, 6) is 1.46. The van der Waals surface area contributed by atoms with Gasteiger partial charge in [0.15, 0.2) is 0 Å². The second-order valence-electron chi connectivity index (χ2n) is 5.01. The normalized spacial score (nSPS) is 18.7. The average molecular weight is 252 g/mol. The van der Waals surface area contributed by atoms with Crippen molar-refractivity contribution >= 4 is 5.95 Å². The zero-order valence-electron chi connectivity index (χ0n) is 11.5. The molecule has 5 heteroatoms. The van der Waals surface area contributed by atoms with Gasteiger partial charge in [-0.25, -0.2) is 0 Å². The molecule has 1 N–H and O–H groups in total. The Morgan fingerprint density at radius 2 is 2.00 bits per heavy atom. The topological polar surface area (TPSA) is 54.2 Å². The van der Waals surface area contributed by atoms with E-state index in [-0.39, 0.29) is 6.04 Å². The van der Waals surface area contributed by atoms with Crippen LogP contribution in [0.25, 0.3) is 0 Å². The van der Waals surface area contributed by atoms with Crippen LogP contribution in [0.1, 0.15) is 57.9 Å². The standard InChI is InChI=1S/C13H24N4O/c1-3-8-14-11(2)12-15-13(16-18-12)17-9-6-4-5-7-10-17/h11,14H,3-10H2,1-2H3. The molecule has 0 amide bonds. The van der Waals surface area contributed by atoms with Gasteiger partial charge in [-0.15, -0.1) is 0 Å². The molecule has 0 aromatic carbocycles. The summed E-state index contributed by atoms with van der Waals surface area (Å²) in [5.41, 5.74) is 0. The van der Waals surface area contributed by atoms with Gasteiger partial charge in [-0.1, -0.05) is 19.8 Å². The predicted molar refractivity (Wildman–Crippen MR) is 71.7 cm³/mol. The van der Waals surface area contributed by atoms with E-state index in [1.54, 1.807) is 0 Å². The summed E-state index contributed by atoms with van der Waals surface area (Å²) in [4.78, 5) is 6.76. The van der Waals surface area contributed by atoms with E-state index in [1.165, 1.54) is 25.7 Å². The summed E-state index contributed by atoms with van der Waals surface area (Å²) >= 11 is 0. The Kier molecular flexibility index (Phi) is 4.99. The first-order valence-electron chi connectivity index (χ1n) is 7.13. The Labute approximate surface area is 109 Å². The zero-order valence-corrected chi connectivity index (χ0v) is 11.5. The van der Waals surface area contributed by atoms with Crippen LogP contribution in [-0.2, 0) is 0 Å². The first kappa shape index (κ1) is 13.3. The van der Waals surface area contributed by atoms with Crippen LogP contribution in [0.5, 0.6) is 0 Å². The molecular formula is C13H24N4O. The minimum atomic E-state index is 0.137. The minimum Gasteiger partial charge on any atom is -0.338 e. The fourth-order valence-electron chi connectivity index (χ4n) is 2.25. The lowest BCUT2D eigenvalue weighted by Crippen LogP contribution is -2.25. The maximum atomic E-state index is 5.35. The zero-order chi connectivity index (χ0) is 12.8. The predicted octanol–water partition coefficient (Wildman–Crippen LogP) is 2.51. The van der Waals surface area contributed by atoms with Crippen molar-refractivity contribution in [2.75, 3.05) is 24.5 Å². The second-order valence-corrected chi connectivity index (χ2v) is 5.01. The summed E-state index contributed by atoms with van der Waals surface area (Å²) in [6, 6.07) is 0.137. The molecule has 1 aromatic heterocycles. The largest absolute Gasteiger partial charge is 0.338 e. The Bertz CT molecular complexity index is 345. The van der Waals surface area contributed by atoms with Crippen molar-refractivity contribution < 1.29 is 4.52 Å². The highest BCUT2D eigenvalue weighted by molar-refractivity contribution is 5.27. The Morgan fingerprint density at radius 1 is 1.28 bits per heavy atom. The number of hydrogen-bond acceptors (Lipinski definition) is 5. The molecule has 1 aliphatic rings. The van der Waals surface area contributed by atoms with E-state index in [9.17, 15) is 0 Å². The molecule has 2 heterocycles. The molecule has 0 spiro atoms. The second kappa shape index (κ2) is 6.73. The van der Waals surface area contributed by atoms with E-state index in [1.807, 2.05) is 0 Å². The molecule has 1 saturated heterocycles. The number of rotatable bonds is 5. The third kappa shape index (κ3) is 3.45. The molecule has 0 radical (unpaired) electrons. The van der Waals surface area contributed by atoms with E-state index in [0.717, 1.165) is 32.0 Å². The van der Waals surface area contributed by atoms with Gasteiger partial charge in [0.1, 0.15) is 0 Å². The average Bonchev–Trinajstić information content (AvgIpc) is 2.72. The molecule has 5 nitrogen and oxygen atoms in total. The fraction of sp³-hybridized carbons (Fsp3) is 0.846. The van der Waals surface area contributed by atoms with Gasteiger partial charge in [0.05, 0.1) is 6.04 Å². The van der Waals surface area contributed by atoms with Crippen molar-refractivity contribution in [3.63, 3.8) is 0 Å². The van der Waals surface area contributed by atoms with Crippen LogP contribution in [-0.4, -0.2) is 29.8 Å². The highest BCUT2D eigenvalue weighted by Gasteiger charge is 2.18. The molecule has 0 bridgehead atoms. The maximum absolute atomic E-state index is 5.35. The van der Waals surface area contributed by atoms with Crippen LogP contribution in [0.2, 0.25) is 0 Å². The molecular weight excluding hydrogens is 228 g/mol. The molecule has 1 aromatic rings. The first-order valence-corrected chi connectivity index (χ1v) is 7.13. The van der Waals surface area contributed by atoms with Crippen molar-refractivity contribution in [1.82, 2.24) is 15.5 Å². The van der Waals surface area contributed by atoms with E-state index < -0.39 is 0 Å². The number of anilines is 1. The van der Waals surface area contributed by atoms with Gasteiger partial charge >= 0.3 is 0 Å². The lowest BCUT2D eigenvalue weighted by molar-refractivity contribution is 0.339. The summed E-state index contributed by atoms with van der Waals surface area (Å²) in [5, 5.41) is 7.47. The van der Waals surface area contributed by atoms with Gasteiger partial charge in [0, 0.05) is 13.1 Å². The van der Waals surface area contributed by atoms with Crippen LogP contribution in [0.4, 0.5) is 5.95 Å². The number of aromatic nitrogens is 2. The van der Waals surface area contributed by atoms with Crippen molar-refractivity contribution in [1.29, 1.82) is 0 Å². The highest BCUT2D eigenvalue weighted by Crippen LogP contribution is 2.18. The minimum absolute atomic E-state index is 0.137. The third-order valence-corrected chi connectivity index (χ3v) is 3.39. The van der Waals surface area contributed by atoms with Crippen LogP contribution >= 0.6 is 0 Å². The molecule has 2 rings (SSSR count). The molecule has 1 fully saturated rings. The van der Waals surface area contributed by atoms with Crippen LogP contribution in [0, 0.1) is 0 Å². The van der Waals surface area contributed by atoms with Crippen LogP contribution in [0.15, 0.2) is 4.52 Å². The fourth-order valence-corrected chi connectivity index (χ4v) is 2.25. The molecule has 1 aliphatic heterocycles. The maximum Gasteiger partial charge on any atom is 0.266 e. The van der Waals surface area contributed by atoms with Gasteiger partial charge < -0.3 is 14.7 Å². The monoisotopic (exact) mass is 252 g/mol. The van der Waals surface area contributed by atoms with E-state index in [0.29, 0.717) is 5.89 Å². The van der Waals surface area contributed by atoms with E-state index >= 15 is 0 Å². The Morgan fingerprint density at radius 3 is 2.67 bits per heavy atom.